The Morgan fingerprint density at radius 2 is 1.96 bits per heavy atom. The number of nitrogens with zero attached hydrogens (tertiary/aromatic N) is 3. The summed E-state index contributed by atoms with van der Waals surface area (Å²) in [5.41, 5.74) is 2.71. The Morgan fingerprint density at radius 1 is 1.09 bits per heavy atom. The Kier molecular flexibility index (Phi) is 3.69. The van der Waals surface area contributed by atoms with Crippen LogP contribution >= 0.6 is 0 Å². The zero-order valence-electron chi connectivity index (χ0n) is 13.4. The predicted octanol–water partition coefficient (Wildman–Crippen LogP) is 3.03. The lowest BCUT2D eigenvalue weighted by Gasteiger charge is -2.35. The molecule has 2 fully saturated rings. The lowest BCUT2D eigenvalue weighted by molar-refractivity contribution is 0.150. The second-order valence-electron chi connectivity index (χ2n) is 6.81. The van der Waals surface area contributed by atoms with Crippen molar-refractivity contribution in [1.82, 2.24) is 9.88 Å². The van der Waals surface area contributed by atoms with E-state index >= 15 is 0 Å². The molecule has 4 nitrogen and oxygen atoms in total. The molecule has 0 radical (unpaired) electrons. The molecule has 1 N–H and O–H groups in total. The molecule has 3 heterocycles. The van der Waals surface area contributed by atoms with Crippen molar-refractivity contribution in [2.24, 2.45) is 0 Å². The minimum atomic E-state index is 0.246. The number of aromatic nitrogens is 1. The second-order valence-corrected chi connectivity index (χ2v) is 6.81. The third-order valence-corrected chi connectivity index (χ3v) is 5.36. The fourth-order valence-corrected chi connectivity index (χ4v) is 4.17. The Labute approximate surface area is 137 Å². The van der Waals surface area contributed by atoms with Crippen molar-refractivity contribution in [3.8, 4) is 5.75 Å². The van der Waals surface area contributed by atoms with Crippen molar-refractivity contribution in [2.45, 2.75) is 31.3 Å². The monoisotopic (exact) mass is 309 g/mol. The molecule has 23 heavy (non-hydrogen) atoms. The maximum Gasteiger partial charge on any atom is 0.135 e. The molecule has 2 aliphatic rings. The number of likely N-dealkylation sites (tertiary alicyclic amines) is 1. The van der Waals surface area contributed by atoms with Crippen LogP contribution in [0.3, 0.4) is 0 Å². The highest BCUT2D eigenvalue weighted by Gasteiger charge is 2.45. The van der Waals surface area contributed by atoms with Gasteiger partial charge in [0.2, 0.25) is 0 Å². The van der Waals surface area contributed by atoms with E-state index in [1.807, 2.05) is 12.3 Å². The van der Waals surface area contributed by atoms with Gasteiger partial charge < -0.3 is 10.0 Å². The smallest absolute Gasteiger partial charge is 0.135 e. The van der Waals surface area contributed by atoms with Crippen molar-refractivity contribution < 1.29 is 5.11 Å². The number of rotatable bonds is 3. The Hall–Kier alpha value is -2.07. The first-order valence-corrected chi connectivity index (χ1v) is 8.43. The lowest BCUT2D eigenvalue weighted by Crippen LogP contribution is -2.45. The summed E-state index contributed by atoms with van der Waals surface area (Å²) in [7, 11) is 0. The van der Waals surface area contributed by atoms with E-state index in [0.29, 0.717) is 0 Å². The van der Waals surface area contributed by atoms with Gasteiger partial charge in [0.25, 0.3) is 0 Å². The first-order chi connectivity index (χ1) is 11.3. The Balaban J connectivity index is 1.52. The van der Waals surface area contributed by atoms with E-state index in [9.17, 15) is 5.11 Å². The molecule has 2 saturated heterocycles. The molecule has 2 aromatic rings. The van der Waals surface area contributed by atoms with Gasteiger partial charge in [-0.25, -0.2) is 0 Å². The molecule has 1 spiro atoms. The highest BCUT2D eigenvalue weighted by atomic mass is 16.3. The summed E-state index contributed by atoms with van der Waals surface area (Å²) in [5.74, 6) is 0.246. The summed E-state index contributed by atoms with van der Waals surface area (Å²) in [6.45, 7) is 4.29. The molecule has 0 aliphatic carbocycles. The van der Waals surface area contributed by atoms with E-state index in [2.05, 4.69) is 45.1 Å². The summed E-state index contributed by atoms with van der Waals surface area (Å²) in [4.78, 5) is 9.16. The molecule has 1 atom stereocenters. The highest BCUT2D eigenvalue weighted by Crippen LogP contribution is 2.40. The van der Waals surface area contributed by atoms with Gasteiger partial charge in [0.1, 0.15) is 5.75 Å². The number of hydrogen-bond acceptors (Lipinski definition) is 4. The van der Waals surface area contributed by atoms with Gasteiger partial charge in [-0.2, -0.15) is 0 Å². The summed E-state index contributed by atoms with van der Waals surface area (Å²) >= 11 is 0. The van der Waals surface area contributed by atoms with E-state index in [4.69, 9.17) is 0 Å². The SMILES string of the molecule is Oc1cncc(N2CCC3(CCCN3Cc3ccccc3)C2)c1. The van der Waals surface area contributed by atoms with Gasteiger partial charge in [-0.1, -0.05) is 30.3 Å². The van der Waals surface area contributed by atoms with Crippen molar-refractivity contribution in [2.75, 3.05) is 24.5 Å². The zero-order chi connectivity index (χ0) is 15.7. The quantitative estimate of drug-likeness (QED) is 0.946. The topological polar surface area (TPSA) is 39.6 Å². The molecule has 120 valence electrons. The molecule has 0 bridgehead atoms. The van der Waals surface area contributed by atoms with E-state index in [1.54, 1.807) is 0 Å². The molecule has 4 heteroatoms. The normalized spacial score (nSPS) is 24.6. The molecule has 2 aliphatic heterocycles. The van der Waals surface area contributed by atoms with Crippen LogP contribution in [0.1, 0.15) is 24.8 Å². The van der Waals surface area contributed by atoms with Crippen LogP contribution in [0.15, 0.2) is 48.8 Å². The van der Waals surface area contributed by atoms with Gasteiger partial charge in [-0.15, -0.1) is 0 Å². The number of aromatic hydroxyl groups is 1. The Morgan fingerprint density at radius 3 is 2.78 bits per heavy atom. The third-order valence-electron chi connectivity index (χ3n) is 5.36. The predicted molar refractivity (Wildman–Crippen MR) is 91.5 cm³/mol. The van der Waals surface area contributed by atoms with Crippen molar-refractivity contribution in [3.05, 3.63) is 54.4 Å². The van der Waals surface area contributed by atoms with E-state index < -0.39 is 0 Å². The molecular formula is C19H23N3O. The van der Waals surface area contributed by atoms with E-state index in [0.717, 1.165) is 25.3 Å². The first kappa shape index (κ1) is 14.5. The lowest BCUT2D eigenvalue weighted by atomic mass is 9.94. The number of pyridine rings is 1. The van der Waals surface area contributed by atoms with Crippen LogP contribution in [0.4, 0.5) is 5.69 Å². The van der Waals surface area contributed by atoms with Gasteiger partial charge in [0.15, 0.2) is 0 Å². The number of anilines is 1. The maximum atomic E-state index is 9.68. The van der Waals surface area contributed by atoms with Gasteiger partial charge in [-0.3, -0.25) is 9.88 Å². The molecule has 1 unspecified atom stereocenters. The van der Waals surface area contributed by atoms with E-state index in [1.165, 1.54) is 37.6 Å². The molecule has 4 rings (SSSR count). The minimum absolute atomic E-state index is 0.246. The second kappa shape index (κ2) is 5.85. The molecule has 1 aromatic carbocycles. The molecular weight excluding hydrogens is 286 g/mol. The molecule has 0 amide bonds. The van der Waals surface area contributed by atoms with Crippen molar-refractivity contribution in [3.63, 3.8) is 0 Å². The fraction of sp³-hybridized carbons (Fsp3) is 0.421. The van der Waals surface area contributed by atoms with Crippen LogP contribution in [0.5, 0.6) is 5.75 Å². The van der Waals surface area contributed by atoms with Crippen LogP contribution in [0, 0.1) is 0 Å². The van der Waals surface area contributed by atoms with Crippen molar-refractivity contribution in [1.29, 1.82) is 0 Å². The minimum Gasteiger partial charge on any atom is -0.506 e. The average molecular weight is 309 g/mol. The average Bonchev–Trinajstić information content (AvgIpc) is 3.17. The van der Waals surface area contributed by atoms with Crippen LogP contribution in [0.25, 0.3) is 0 Å². The molecule has 0 saturated carbocycles. The van der Waals surface area contributed by atoms with Crippen LogP contribution in [-0.4, -0.2) is 40.2 Å². The zero-order valence-corrected chi connectivity index (χ0v) is 13.4. The Bertz CT molecular complexity index is 675. The summed E-state index contributed by atoms with van der Waals surface area (Å²) < 4.78 is 0. The summed E-state index contributed by atoms with van der Waals surface area (Å²) in [6.07, 6.45) is 7.08. The van der Waals surface area contributed by atoms with Crippen molar-refractivity contribution >= 4 is 5.69 Å². The van der Waals surface area contributed by atoms with Crippen LogP contribution in [0.2, 0.25) is 0 Å². The highest BCUT2D eigenvalue weighted by molar-refractivity contribution is 5.49. The fourth-order valence-electron chi connectivity index (χ4n) is 4.17. The summed E-state index contributed by atoms with van der Waals surface area (Å²) in [6, 6.07) is 12.6. The van der Waals surface area contributed by atoms with Gasteiger partial charge in [0, 0.05) is 31.2 Å². The number of hydrogen-bond donors (Lipinski definition) is 1. The largest absolute Gasteiger partial charge is 0.506 e. The maximum absolute atomic E-state index is 9.68. The van der Waals surface area contributed by atoms with E-state index in [-0.39, 0.29) is 11.3 Å². The number of benzene rings is 1. The standard InChI is InChI=1S/C19H23N3O/c23-18-11-17(12-20-13-18)21-10-8-19(15-21)7-4-9-22(19)14-16-5-2-1-3-6-16/h1-3,5-6,11-13,23H,4,7-10,14-15H2. The van der Waals surface area contributed by atoms with Gasteiger partial charge in [-0.05, 0) is 31.4 Å². The van der Waals surface area contributed by atoms with Gasteiger partial charge >= 0.3 is 0 Å². The molecule has 1 aromatic heterocycles. The first-order valence-electron chi connectivity index (χ1n) is 8.43. The summed E-state index contributed by atoms with van der Waals surface area (Å²) in [5, 5.41) is 9.68. The van der Waals surface area contributed by atoms with Gasteiger partial charge in [0.05, 0.1) is 18.1 Å². The third kappa shape index (κ3) is 2.79. The van der Waals surface area contributed by atoms with Crippen LogP contribution in [-0.2, 0) is 6.54 Å². The van der Waals surface area contributed by atoms with Crippen LogP contribution < -0.4 is 4.90 Å².